The summed E-state index contributed by atoms with van der Waals surface area (Å²) in [6, 6.07) is 20.1. The number of carbonyl (C=O) groups excluding carboxylic acids is 4. The first-order valence-electron chi connectivity index (χ1n) is 11.0. The van der Waals surface area contributed by atoms with Crippen LogP contribution < -0.4 is 9.64 Å². The highest BCUT2D eigenvalue weighted by atomic mass is 79.9. The van der Waals surface area contributed by atoms with Gasteiger partial charge in [0.2, 0.25) is 29.0 Å². The van der Waals surface area contributed by atoms with E-state index in [0.717, 1.165) is 9.37 Å². The van der Waals surface area contributed by atoms with Crippen LogP contribution in [-0.2, 0) is 14.3 Å². The smallest absolute Gasteiger partial charge is 0.241 e. The van der Waals surface area contributed by atoms with E-state index in [4.69, 9.17) is 9.47 Å². The molecule has 0 N–H and O–H groups in total. The van der Waals surface area contributed by atoms with E-state index in [2.05, 4.69) is 15.9 Å². The molecule has 35 heavy (non-hydrogen) atoms. The number of nitrogens with zero attached hydrogens (tertiary/aromatic N) is 1. The van der Waals surface area contributed by atoms with Gasteiger partial charge < -0.3 is 9.47 Å². The van der Waals surface area contributed by atoms with Crippen LogP contribution >= 0.6 is 15.9 Å². The van der Waals surface area contributed by atoms with Gasteiger partial charge in [-0.1, -0.05) is 58.4 Å². The quantitative estimate of drug-likeness (QED) is 0.372. The largest absolute Gasteiger partial charge is 0.497 e. The van der Waals surface area contributed by atoms with Gasteiger partial charge in [0.15, 0.2) is 0 Å². The molecule has 6 rings (SSSR count). The predicted molar refractivity (Wildman–Crippen MR) is 128 cm³/mol. The van der Waals surface area contributed by atoms with Crippen molar-refractivity contribution in [3.8, 4) is 5.75 Å². The summed E-state index contributed by atoms with van der Waals surface area (Å²) in [4.78, 5) is 56.3. The normalized spacial score (nSPS) is 24.3. The lowest BCUT2D eigenvalue weighted by Gasteiger charge is -2.27. The molecule has 0 aromatic heterocycles. The standard InChI is InChI=1S/C27H18BrNO6/c1-34-17-6-4-5-16(13-17)29-25(32)20-21(26(29)33)27(35-22(20)14-9-11-15(28)12-10-14)23(30)18-7-2-3-8-19(18)24(27)31/h2-13,20-22H,1H3/t20-,21+,22-/m0/s1. The Bertz CT molecular complexity index is 1400. The SMILES string of the molecule is COc1cccc(N2C(=O)[C@@H]3[C@H](c4ccc(Br)cc4)OC4(C(=O)c5ccccc5C4=O)[C@H]3C2=O)c1. The number of hydrogen-bond acceptors (Lipinski definition) is 6. The average Bonchev–Trinajstić information content (AvgIpc) is 3.44. The molecule has 2 heterocycles. The van der Waals surface area contributed by atoms with Gasteiger partial charge in [-0.05, 0) is 29.8 Å². The molecule has 1 spiro atoms. The van der Waals surface area contributed by atoms with E-state index in [1.807, 2.05) is 0 Å². The second kappa shape index (κ2) is 7.69. The van der Waals surface area contributed by atoms with Gasteiger partial charge in [-0.3, -0.25) is 19.2 Å². The fourth-order valence-electron chi connectivity index (χ4n) is 5.47. The number of rotatable bonds is 3. The molecular weight excluding hydrogens is 514 g/mol. The van der Waals surface area contributed by atoms with Gasteiger partial charge in [0.05, 0.1) is 30.7 Å². The fourth-order valence-corrected chi connectivity index (χ4v) is 5.74. The molecule has 0 radical (unpaired) electrons. The Hall–Kier alpha value is -3.62. The van der Waals surface area contributed by atoms with Crippen molar-refractivity contribution < 1.29 is 28.7 Å². The molecular formula is C27H18BrNO6. The van der Waals surface area contributed by atoms with Crippen LogP contribution in [0.15, 0.2) is 77.3 Å². The maximum Gasteiger partial charge on any atom is 0.241 e. The van der Waals surface area contributed by atoms with E-state index >= 15 is 0 Å². The average molecular weight is 532 g/mol. The van der Waals surface area contributed by atoms with Crippen LogP contribution in [0.3, 0.4) is 0 Å². The second-order valence-electron chi connectivity index (χ2n) is 8.75. The van der Waals surface area contributed by atoms with Gasteiger partial charge in [0.1, 0.15) is 5.75 Å². The topological polar surface area (TPSA) is 90.0 Å². The van der Waals surface area contributed by atoms with Crippen molar-refractivity contribution in [1.82, 2.24) is 0 Å². The summed E-state index contributed by atoms with van der Waals surface area (Å²) in [6.07, 6.45) is -0.956. The highest BCUT2D eigenvalue weighted by molar-refractivity contribution is 9.10. The number of carbonyl (C=O) groups is 4. The number of benzene rings is 3. The third-order valence-corrected chi connectivity index (χ3v) is 7.56. The maximum absolute atomic E-state index is 13.9. The van der Waals surface area contributed by atoms with Gasteiger partial charge in [-0.2, -0.15) is 0 Å². The van der Waals surface area contributed by atoms with E-state index in [1.165, 1.54) is 7.11 Å². The van der Waals surface area contributed by atoms with Crippen LogP contribution in [-0.4, -0.2) is 36.1 Å². The molecule has 3 aliphatic rings. The monoisotopic (exact) mass is 531 g/mol. The first kappa shape index (κ1) is 21.9. The highest BCUT2D eigenvalue weighted by Crippen LogP contribution is 2.57. The molecule has 3 atom stereocenters. The summed E-state index contributed by atoms with van der Waals surface area (Å²) in [5.74, 6) is -4.19. The Kier molecular flexibility index (Phi) is 4.81. The molecule has 3 aromatic rings. The molecule has 1 aliphatic carbocycles. The number of anilines is 1. The molecule has 2 amide bonds. The summed E-state index contributed by atoms with van der Waals surface area (Å²) in [5.41, 5.74) is -0.772. The summed E-state index contributed by atoms with van der Waals surface area (Å²) in [7, 11) is 1.49. The summed E-state index contributed by atoms with van der Waals surface area (Å²) >= 11 is 3.39. The number of methoxy groups -OCH3 is 1. The molecule has 7 nitrogen and oxygen atoms in total. The Morgan fingerprint density at radius 3 is 2.14 bits per heavy atom. The predicted octanol–water partition coefficient (Wildman–Crippen LogP) is 4.15. The molecule has 0 saturated carbocycles. The van der Waals surface area contributed by atoms with Gasteiger partial charge in [0, 0.05) is 21.7 Å². The number of Topliss-reactive ketones (excluding diaryl/α,β-unsaturated/α-hetero) is 2. The molecule has 2 aliphatic heterocycles. The zero-order valence-electron chi connectivity index (χ0n) is 18.4. The van der Waals surface area contributed by atoms with Crippen molar-refractivity contribution in [2.24, 2.45) is 11.8 Å². The Morgan fingerprint density at radius 1 is 0.857 bits per heavy atom. The molecule has 3 aromatic carbocycles. The van der Waals surface area contributed by atoms with Crippen LogP contribution in [0, 0.1) is 11.8 Å². The molecule has 0 unspecified atom stereocenters. The van der Waals surface area contributed by atoms with Crippen molar-refractivity contribution in [3.05, 3.63) is 94.0 Å². The zero-order valence-corrected chi connectivity index (χ0v) is 20.0. The van der Waals surface area contributed by atoms with Crippen LogP contribution in [0.25, 0.3) is 0 Å². The van der Waals surface area contributed by atoms with Crippen molar-refractivity contribution in [1.29, 1.82) is 0 Å². The van der Waals surface area contributed by atoms with Crippen molar-refractivity contribution >= 4 is 45.0 Å². The third kappa shape index (κ3) is 2.87. The highest BCUT2D eigenvalue weighted by Gasteiger charge is 2.74. The van der Waals surface area contributed by atoms with Gasteiger partial charge in [-0.15, -0.1) is 0 Å². The summed E-state index contributed by atoms with van der Waals surface area (Å²) in [5, 5.41) is 0. The number of hydrogen-bond donors (Lipinski definition) is 0. The Balaban J connectivity index is 1.54. The number of ether oxygens (including phenoxy) is 2. The number of imide groups is 1. The molecule has 2 fully saturated rings. The van der Waals surface area contributed by atoms with Gasteiger partial charge in [0.25, 0.3) is 0 Å². The Labute approximate surface area is 208 Å². The van der Waals surface area contributed by atoms with Gasteiger partial charge >= 0.3 is 0 Å². The van der Waals surface area contributed by atoms with Crippen LogP contribution in [0.1, 0.15) is 32.4 Å². The first-order valence-corrected chi connectivity index (χ1v) is 11.8. The maximum atomic E-state index is 13.9. The second-order valence-corrected chi connectivity index (χ2v) is 9.66. The van der Waals surface area contributed by atoms with E-state index in [-0.39, 0.29) is 11.1 Å². The molecule has 2 saturated heterocycles. The zero-order chi connectivity index (χ0) is 24.5. The first-order chi connectivity index (χ1) is 16.9. The Morgan fingerprint density at radius 2 is 1.51 bits per heavy atom. The molecule has 0 bridgehead atoms. The number of ketones is 2. The van der Waals surface area contributed by atoms with Crippen molar-refractivity contribution in [2.45, 2.75) is 11.7 Å². The minimum atomic E-state index is -2.09. The van der Waals surface area contributed by atoms with E-state index in [9.17, 15) is 19.2 Å². The summed E-state index contributed by atoms with van der Waals surface area (Å²) in [6.45, 7) is 0. The number of amides is 2. The number of fused-ring (bicyclic) bond motifs is 3. The van der Waals surface area contributed by atoms with Crippen LogP contribution in [0.4, 0.5) is 5.69 Å². The molecule has 8 heteroatoms. The minimum absolute atomic E-state index is 0.202. The lowest BCUT2D eigenvalue weighted by molar-refractivity contribution is -0.127. The fraction of sp³-hybridized carbons (Fsp3) is 0.185. The van der Waals surface area contributed by atoms with Crippen molar-refractivity contribution in [3.63, 3.8) is 0 Å². The third-order valence-electron chi connectivity index (χ3n) is 7.03. The van der Waals surface area contributed by atoms with Crippen LogP contribution in [0.5, 0.6) is 5.75 Å². The van der Waals surface area contributed by atoms with Crippen molar-refractivity contribution in [2.75, 3.05) is 12.0 Å². The lowest BCUT2D eigenvalue weighted by atomic mass is 9.77. The van der Waals surface area contributed by atoms with E-state index in [0.29, 0.717) is 17.0 Å². The number of halogens is 1. The van der Waals surface area contributed by atoms with E-state index < -0.39 is 46.9 Å². The minimum Gasteiger partial charge on any atom is -0.497 e. The van der Waals surface area contributed by atoms with Gasteiger partial charge in [-0.25, -0.2) is 4.90 Å². The lowest BCUT2D eigenvalue weighted by Crippen LogP contribution is -2.51. The van der Waals surface area contributed by atoms with Crippen LogP contribution in [0.2, 0.25) is 0 Å². The molecule has 174 valence electrons. The summed E-state index contributed by atoms with van der Waals surface area (Å²) < 4.78 is 12.4. The van der Waals surface area contributed by atoms with E-state index in [1.54, 1.807) is 72.8 Å².